The van der Waals surface area contributed by atoms with Crippen molar-refractivity contribution in [1.82, 2.24) is 5.32 Å². The lowest BCUT2D eigenvalue weighted by atomic mass is 10.3. The molecule has 18 heavy (non-hydrogen) atoms. The maximum absolute atomic E-state index is 12.8. The molecule has 3 amide bonds. The Morgan fingerprint density at radius 1 is 1.17 bits per heavy atom. The lowest BCUT2D eigenvalue weighted by Gasteiger charge is -2.05. The number of furan rings is 1. The van der Waals surface area contributed by atoms with E-state index < -0.39 is 17.8 Å². The lowest BCUT2D eigenvalue weighted by molar-refractivity contribution is 0.0940. The van der Waals surface area contributed by atoms with Crippen LogP contribution in [0.4, 0.5) is 14.9 Å². The number of benzene rings is 1. The molecule has 6 heteroatoms. The molecular formula is C12H9FN2O3. The van der Waals surface area contributed by atoms with Gasteiger partial charge in [-0.25, -0.2) is 9.18 Å². The molecule has 0 aliphatic rings. The van der Waals surface area contributed by atoms with E-state index in [9.17, 15) is 14.0 Å². The molecule has 0 atom stereocenters. The predicted octanol–water partition coefficient (Wildman–Crippen LogP) is 2.38. The normalized spacial score (nSPS) is 9.83. The van der Waals surface area contributed by atoms with E-state index in [0.29, 0.717) is 0 Å². The molecule has 0 aliphatic carbocycles. The number of amides is 3. The molecule has 1 aromatic carbocycles. The molecule has 0 bridgehead atoms. The summed E-state index contributed by atoms with van der Waals surface area (Å²) >= 11 is 0. The fraction of sp³-hybridized carbons (Fsp3) is 0. The molecule has 0 saturated carbocycles. The second-order valence-corrected chi connectivity index (χ2v) is 3.40. The van der Waals surface area contributed by atoms with Crippen LogP contribution in [0.5, 0.6) is 0 Å². The smallest absolute Gasteiger partial charge is 0.326 e. The van der Waals surface area contributed by atoms with Crippen LogP contribution in [-0.2, 0) is 0 Å². The molecule has 0 saturated heterocycles. The second-order valence-electron chi connectivity index (χ2n) is 3.40. The summed E-state index contributed by atoms with van der Waals surface area (Å²) in [5.41, 5.74) is 0.250. The van der Waals surface area contributed by atoms with E-state index in [1.807, 2.05) is 5.32 Å². The molecule has 2 rings (SSSR count). The van der Waals surface area contributed by atoms with Gasteiger partial charge in [-0.05, 0) is 30.3 Å². The first kappa shape index (κ1) is 11.8. The first-order valence-electron chi connectivity index (χ1n) is 5.06. The van der Waals surface area contributed by atoms with Gasteiger partial charge < -0.3 is 9.73 Å². The third-order valence-corrected chi connectivity index (χ3v) is 2.05. The van der Waals surface area contributed by atoms with Crippen molar-refractivity contribution in [1.29, 1.82) is 0 Å². The van der Waals surface area contributed by atoms with Crippen molar-refractivity contribution < 1.29 is 18.4 Å². The van der Waals surface area contributed by atoms with Crippen LogP contribution in [0.2, 0.25) is 0 Å². The van der Waals surface area contributed by atoms with Gasteiger partial charge in [-0.15, -0.1) is 0 Å². The van der Waals surface area contributed by atoms with Crippen molar-refractivity contribution in [3.05, 3.63) is 54.2 Å². The zero-order valence-electron chi connectivity index (χ0n) is 9.14. The standard InChI is InChI=1S/C12H9FN2O3/c13-8-3-1-4-9(7-8)14-12(17)15-11(16)10-5-2-6-18-10/h1-7H,(H2,14,15,16,17). The third-order valence-electron chi connectivity index (χ3n) is 2.05. The van der Waals surface area contributed by atoms with Crippen molar-refractivity contribution in [2.24, 2.45) is 0 Å². The summed E-state index contributed by atoms with van der Waals surface area (Å²) in [6.45, 7) is 0. The second kappa shape index (κ2) is 5.13. The van der Waals surface area contributed by atoms with Crippen LogP contribution >= 0.6 is 0 Å². The number of rotatable bonds is 2. The van der Waals surface area contributed by atoms with Crippen LogP contribution < -0.4 is 10.6 Å². The van der Waals surface area contributed by atoms with Crippen LogP contribution in [0.3, 0.4) is 0 Å². The quantitative estimate of drug-likeness (QED) is 0.857. The van der Waals surface area contributed by atoms with Gasteiger partial charge in [0.15, 0.2) is 5.76 Å². The topological polar surface area (TPSA) is 71.3 Å². The zero-order chi connectivity index (χ0) is 13.0. The number of hydrogen-bond acceptors (Lipinski definition) is 3. The highest BCUT2D eigenvalue weighted by atomic mass is 19.1. The Bertz CT molecular complexity index is 566. The van der Waals surface area contributed by atoms with Gasteiger partial charge in [-0.3, -0.25) is 10.1 Å². The summed E-state index contributed by atoms with van der Waals surface area (Å²) in [6.07, 6.45) is 1.32. The molecular weight excluding hydrogens is 239 g/mol. The molecule has 0 fully saturated rings. The van der Waals surface area contributed by atoms with Gasteiger partial charge in [0, 0.05) is 5.69 Å². The Hall–Kier alpha value is -2.63. The number of halogens is 1. The predicted molar refractivity (Wildman–Crippen MR) is 61.6 cm³/mol. The molecule has 0 unspecified atom stereocenters. The van der Waals surface area contributed by atoms with E-state index in [2.05, 4.69) is 5.32 Å². The van der Waals surface area contributed by atoms with Crippen LogP contribution in [-0.4, -0.2) is 11.9 Å². The minimum atomic E-state index is -0.762. The molecule has 2 aromatic rings. The maximum Gasteiger partial charge on any atom is 0.326 e. The molecule has 5 nitrogen and oxygen atoms in total. The summed E-state index contributed by atoms with van der Waals surface area (Å²) in [6, 6.07) is 7.51. The SMILES string of the molecule is O=C(NC(=O)c1ccco1)Nc1cccc(F)c1. The summed E-state index contributed by atoms with van der Waals surface area (Å²) < 4.78 is 17.7. The van der Waals surface area contributed by atoms with E-state index in [0.717, 1.165) is 6.07 Å². The van der Waals surface area contributed by atoms with E-state index in [1.54, 1.807) is 0 Å². The largest absolute Gasteiger partial charge is 0.459 e. The Balaban J connectivity index is 1.95. The van der Waals surface area contributed by atoms with Gasteiger partial charge >= 0.3 is 6.03 Å². The highest BCUT2D eigenvalue weighted by molar-refractivity contribution is 6.06. The molecule has 1 aromatic heterocycles. The fourth-order valence-corrected chi connectivity index (χ4v) is 1.30. The Labute approximate surface area is 102 Å². The number of imide groups is 1. The van der Waals surface area contributed by atoms with Gasteiger partial charge in [0.1, 0.15) is 5.82 Å². The third kappa shape index (κ3) is 2.94. The van der Waals surface area contributed by atoms with E-state index in [-0.39, 0.29) is 11.4 Å². The minimum Gasteiger partial charge on any atom is -0.459 e. The molecule has 0 aliphatic heterocycles. The van der Waals surface area contributed by atoms with Gasteiger partial charge in [0.05, 0.1) is 6.26 Å². The Morgan fingerprint density at radius 2 is 2.00 bits per heavy atom. The number of hydrogen-bond donors (Lipinski definition) is 2. The maximum atomic E-state index is 12.8. The van der Waals surface area contributed by atoms with Gasteiger partial charge in [0.2, 0.25) is 0 Å². The summed E-state index contributed by atoms with van der Waals surface area (Å²) in [5.74, 6) is -1.14. The summed E-state index contributed by atoms with van der Waals surface area (Å²) in [4.78, 5) is 22.9. The van der Waals surface area contributed by atoms with Crippen molar-refractivity contribution in [2.45, 2.75) is 0 Å². The highest BCUT2D eigenvalue weighted by Gasteiger charge is 2.12. The van der Waals surface area contributed by atoms with Crippen molar-refractivity contribution >= 4 is 17.6 Å². The Kier molecular flexibility index (Phi) is 3.38. The first-order chi connectivity index (χ1) is 8.65. The average molecular weight is 248 g/mol. The average Bonchev–Trinajstić information content (AvgIpc) is 2.81. The molecule has 0 spiro atoms. The molecule has 0 radical (unpaired) electrons. The van der Waals surface area contributed by atoms with Crippen LogP contribution in [0.25, 0.3) is 0 Å². The Morgan fingerprint density at radius 3 is 2.67 bits per heavy atom. The number of urea groups is 1. The molecule has 1 heterocycles. The number of carbonyl (C=O) groups excluding carboxylic acids is 2. The van der Waals surface area contributed by atoms with Crippen molar-refractivity contribution in [2.75, 3.05) is 5.32 Å². The van der Waals surface area contributed by atoms with Crippen LogP contribution in [0.1, 0.15) is 10.6 Å². The first-order valence-corrected chi connectivity index (χ1v) is 5.06. The summed E-state index contributed by atoms with van der Waals surface area (Å²) in [5, 5.41) is 4.37. The molecule has 2 N–H and O–H groups in total. The van der Waals surface area contributed by atoms with Crippen LogP contribution in [0, 0.1) is 5.82 Å². The van der Waals surface area contributed by atoms with E-state index in [1.165, 1.54) is 36.6 Å². The number of anilines is 1. The number of carbonyl (C=O) groups is 2. The highest BCUT2D eigenvalue weighted by Crippen LogP contribution is 2.08. The van der Waals surface area contributed by atoms with Gasteiger partial charge in [-0.2, -0.15) is 0 Å². The number of nitrogens with one attached hydrogen (secondary N) is 2. The zero-order valence-corrected chi connectivity index (χ0v) is 9.14. The van der Waals surface area contributed by atoms with Crippen LogP contribution in [0.15, 0.2) is 47.1 Å². The van der Waals surface area contributed by atoms with E-state index >= 15 is 0 Å². The minimum absolute atomic E-state index is 0.0180. The van der Waals surface area contributed by atoms with Gasteiger partial charge in [0.25, 0.3) is 5.91 Å². The van der Waals surface area contributed by atoms with Crippen molar-refractivity contribution in [3.63, 3.8) is 0 Å². The van der Waals surface area contributed by atoms with Gasteiger partial charge in [-0.1, -0.05) is 6.07 Å². The van der Waals surface area contributed by atoms with Crippen molar-refractivity contribution in [3.8, 4) is 0 Å². The summed E-state index contributed by atoms with van der Waals surface area (Å²) in [7, 11) is 0. The van der Waals surface area contributed by atoms with E-state index in [4.69, 9.17) is 4.42 Å². The molecule has 92 valence electrons. The lowest BCUT2D eigenvalue weighted by Crippen LogP contribution is -2.34. The monoisotopic (exact) mass is 248 g/mol. The fourth-order valence-electron chi connectivity index (χ4n) is 1.30.